The zero-order valence-corrected chi connectivity index (χ0v) is 14.3. The number of amides is 3. The molecule has 0 spiro atoms. The molecule has 1 aromatic rings. The van der Waals surface area contributed by atoms with E-state index < -0.39 is 6.03 Å². The first-order chi connectivity index (χ1) is 10.8. The van der Waals surface area contributed by atoms with E-state index >= 15 is 0 Å². The van der Waals surface area contributed by atoms with E-state index in [2.05, 4.69) is 44.3 Å². The fourth-order valence-electron chi connectivity index (χ4n) is 3.01. The zero-order valence-electron chi connectivity index (χ0n) is 14.3. The molecule has 0 aliphatic carbocycles. The summed E-state index contributed by atoms with van der Waals surface area (Å²) >= 11 is 0. The lowest BCUT2D eigenvalue weighted by Gasteiger charge is -2.32. The average molecular weight is 317 g/mol. The van der Waals surface area contributed by atoms with E-state index in [0.29, 0.717) is 19.6 Å². The molecule has 2 rings (SSSR count). The SMILES string of the molecule is Cc1cccc(C(C)(C)CNC(=O)[C@@H]2CCCN(C(N)=O)C2)c1. The van der Waals surface area contributed by atoms with Crippen molar-refractivity contribution in [2.75, 3.05) is 19.6 Å². The molecule has 5 heteroatoms. The molecule has 0 unspecified atom stereocenters. The lowest BCUT2D eigenvalue weighted by atomic mass is 9.83. The minimum atomic E-state index is -0.442. The van der Waals surface area contributed by atoms with Gasteiger partial charge >= 0.3 is 6.03 Å². The van der Waals surface area contributed by atoms with Gasteiger partial charge in [0, 0.05) is 25.0 Å². The highest BCUT2D eigenvalue weighted by Gasteiger charge is 2.29. The third-order valence-corrected chi connectivity index (χ3v) is 4.61. The summed E-state index contributed by atoms with van der Waals surface area (Å²) in [6.45, 7) is 7.96. The summed E-state index contributed by atoms with van der Waals surface area (Å²) in [5.74, 6) is -0.152. The van der Waals surface area contributed by atoms with Gasteiger partial charge in [0.2, 0.25) is 5.91 Å². The van der Waals surface area contributed by atoms with Crippen LogP contribution in [0.4, 0.5) is 4.79 Å². The molecule has 0 radical (unpaired) electrons. The molecule has 3 amide bonds. The third kappa shape index (κ3) is 4.47. The monoisotopic (exact) mass is 317 g/mol. The van der Waals surface area contributed by atoms with E-state index in [9.17, 15) is 9.59 Å². The van der Waals surface area contributed by atoms with Gasteiger partial charge in [0.25, 0.3) is 0 Å². The first-order valence-corrected chi connectivity index (χ1v) is 8.19. The molecule has 1 aliphatic rings. The highest BCUT2D eigenvalue weighted by atomic mass is 16.2. The van der Waals surface area contributed by atoms with Crippen LogP contribution in [0.15, 0.2) is 24.3 Å². The predicted octanol–water partition coefficient (Wildman–Crippen LogP) is 2.18. The zero-order chi connectivity index (χ0) is 17.0. The first-order valence-electron chi connectivity index (χ1n) is 8.19. The number of hydrogen-bond donors (Lipinski definition) is 2. The molecule has 5 nitrogen and oxygen atoms in total. The number of benzene rings is 1. The van der Waals surface area contributed by atoms with Crippen molar-refractivity contribution >= 4 is 11.9 Å². The van der Waals surface area contributed by atoms with Crippen LogP contribution < -0.4 is 11.1 Å². The molecular formula is C18H27N3O2. The summed E-state index contributed by atoms with van der Waals surface area (Å²) in [7, 11) is 0. The van der Waals surface area contributed by atoms with Crippen LogP contribution in [0.25, 0.3) is 0 Å². The van der Waals surface area contributed by atoms with E-state index in [1.807, 2.05) is 6.07 Å². The van der Waals surface area contributed by atoms with Crippen molar-refractivity contribution in [2.45, 2.75) is 39.0 Å². The number of urea groups is 1. The van der Waals surface area contributed by atoms with E-state index in [-0.39, 0.29) is 17.2 Å². The molecule has 0 aromatic heterocycles. The second-order valence-electron chi connectivity index (χ2n) is 7.09. The molecule has 1 atom stereocenters. The maximum atomic E-state index is 12.4. The van der Waals surface area contributed by atoms with Crippen molar-refractivity contribution in [1.29, 1.82) is 0 Å². The standard InChI is InChI=1S/C18H27N3O2/c1-13-6-4-8-15(10-13)18(2,3)12-20-16(22)14-7-5-9-21(11-14)17(19)23/h4,6,8,10,14H,5,7,9,11-12H2,1-3H3,(H2,19,23)(H,20,22)/t14-/m1/s1. The van der Waals surface area contributed by atoms with Gasteiger partial charge in [-0.3, -0.25) is 4.79 Å². The van der Waals surface area contributed by atoms with Crippen LogP contribution in [0.3, 0.4) is 0 Å². The number of likely N-dealkylation sites (tertiary alicyclic amines) is 1. The van der Waals surface area contributed by atoms with E-state index in [4.69, 9.17) is 5.73 Å². The van der Waals surface area contributed by atoms with Crippen molar-refractivity contribution in [1.82, 2.24) is 10.2 Å². The molecule has 1 aromatic carbocycles. The van der Waals surface area contributed by atoms with Gasteiger partial charge in [-0.05, 0) is 25.3 Å². The molecular weight excluding hydrogens is 290 g/mol. The van der Waals surface area contributed by atoms with Crippen LogP contribution >= 0.6 is 0 Å². The Morgan fingerprint density at radius 2 is 2.13 bits per heavy atom. The van der Waals surface area contributed by atoms with Crippen LogP contribution in [0.1, 0.15) is 37.8 Å². The second kappa shape index (κ2) is 7.02. The van der Waals surface area contributed by atoms with Gasteiger partial charge < -0.3 is 16.0 Å². The molecule has 0 saturated carbocycles. The van der Waals surface area contributed by atoms with Crippen LogP contribution in [0, 0.1) is 12.8 Å². The number of piperidine rings is 1. The number of nitrogens with zero attached hydrogens (tertiary/aromatic N) is 1. The normalized spacial score (nSPS) is 18.6. The quantitative estimate of drug-likeness (QED) is 0.893. The van der Waals surface area contributed by atoms with Crippen molar-refractivity contribution in [2.24, 2.45) is 11.7 Å². The number of nitrogens with one attached hydrogen (secondary N) is 1. The Bertz CT molecular complexity index is 583. The summed E-state index contributed by atoms with van der Waals surface area (Å²) in [4.78, 5) is 25.2. The molecule has 1 saturated heterocycles. The van der Waals surface area contributed by atoms with Crippen LogP contribution in [0.5, 0.6) is 0 Å². The number of primary amides is 1. The molecule has 3 N–H and O–H groups in total. The van der Waals surface area contributed by atoms with Crippen LogP contribution in [-0.4, -0.2) is 36.5 Å². The lowest BCUT2D eigenvalue weighted by Crippen LogP contribution is -2.48. The Morgan fingerprint density at radius 3 is 2.78 bits per heavy atom. The number of carbonyl (C=O) groups excluding carboxylic acids is 2. The van der Waals surface area contributed by atoms with Crippen molar-refractivity contribution in [3.8, 4) is 0 Å². The highest BCUT2D eigenvalue weighted by Crippen LogP contribution is 2.23. The van der Waals surface area contributed by atoms with Gasteiger partial charge in [0.15, 0.2) is 0 Å². The lowest BCUT2D eigenvalue weighted by molar-refractivity contribution is -0.126. The van der Waals surface area contributed by atoms with Gasteiger partial charge in [-0.2, -0.15) is 0 Å². The summed E-state index contributed by atoms with van der Waals surface area (Å²) in [6, 6.07) is 7.91. The summed E-state index contributed by atoms with van der Waals surface area (Å²) in [5.41, 5.74) is 7.60. The number of carbonyl (C=O) groups is 2. The van der Waals surface area contributed by atoms with Gasteiger partial charge in [-0.1, -0.05) is 43.7 Å². The Hall–Kier alpha value is -2.04. The summed E-state index contributed by atoms with van der Waals surface area (Å²) in [6.07, 6.45) is 1.63. The predicted molar refractivity (Wildman–Crippen MR) is 91.1 cm³/mol. The largest absolute Gasteiger partial charge is 0.355 e. The number of aryl methyl sites for hydroxylation is 1. The van der Waals surface area contributed by atoms with Gasteiger partial charge in [0.05, 0.1) is 5.92 Å². The molecule has 1 aliphatic heterocycles. The summed E-state index contributed by atoms with van der Waals surface area (Å²) in [5, 5.41) is 3.05. The summed E-state index contributed by atoms with van der Waals surface area (Å²) < 4.78 is 0. The van der Waals surface area contributed by atoms with Crippen LogP contribution in [0.2, 0.25) is 0 Å². The topological polar surface area (TPSA) is 75.4 Å². The molecule has 1 heterocycles. The minimum Gasteiger partial charge on any atom is -0.355 e. The smallest absolute Gasteiger partial charge is 0.314 e. The maximum Gasteiger partial charge on any atom is 0.314 e. The molecule has 23 heavy (non-hydrogen) atoms. The first kappa shape index (κ1) is 17.3. The number of rotatable bonds is 4. The third-order valence-electron chi connectivity index (χ3n) is 4.61. The Kier molecular flexibility index (Phi) is 5.29. The fourth-order valence-corrected chi connectivity index (χ4v) is 3.01. The van der Waals surface area contributed by atoms with Gasteiger partial charge in [-0.25, -0.2) is 4.79 Å². The van der Waals surface area contributed by atoms with Gasteiger partial charge in [-0.15, -0.1) is 0 Å². The van der Waals surface area contributed by atoms with E-state index in [1.165, 1.54) is 11.1 Å². The Morgan fingerprint density at radius 1 is 1.39 bits per heavy atom. The number of nitrogens with two attached hydrogens (primary N) is 1. The highest BCUT2D eigenvalue weighted by molar-refractivity contribution is 5.80. The van der Waals surface area contributed by atoms with E-state index in [1.54, 1.807) is 4.90 Å². The van der Waals surface area contributed by atoms with E-state index in [0.717, 1.165) is 12.8 Å². The Balaban J connectivity index is 1.94. The minimum absolute atomic E-state index is 0.0108. The molecule has 126 valence electrons. The van der Waals surface area contributed by atoms with Crippen molar-refractivity contribution in [3.05, 3.63) is 35.4 Å². The van der Waals surface area contributed by atoms with Crippen molar-refractivity contribution in [3.63, 3.8) is 0 Å². The van der Waals surface area contributed by atoms with Crippen LogP contribution in [-0.2, 0) is 10.2 Å². The second-order valence-corrected chi connectivity index (χ2v) is 7.09. The maximum absolute atomic E-state index is 12.4. The van der Waals surface area contributed by atoms with Gasteiger partial charge in [0.1, 0.15) is 0 Å². The Labute approximate surface area is 138 Å². The molecule has 0 bridgehead atoms. The fraction of sp³-hybridized carbons (Fsp3) is 0.556. The average Bonchev–Trinajstić information content (AvgIpc) is 2.53. The number of hydrogen-bond acceptors (Lipinski definition) is 2. The van der Waals surface area contributed by atoms with Crippen molar-refractivity contribution < 1.29 is 9.59 Å². The molecule has 1 fully saturated rings.